The number of methoxy groups -OCH3 is 1. The molecule has 0 spiro atoms. The van der Waals surface area contributed by atoms with Crippen LogP contribution in [0.1, 0.15) is 35.5 Å². The van der Waals surface area contributed by atoms with Crippen molar-refractivity contribution in [3.05, 3.63) is 46.8 Å². The fourth-order valence-electron chi connectivity index (χ4n) is 3.02. The third-order valence-electron chi connectivity index (χ3n) is 4.22. The molecule has 1 aromatic carbocycles. The molecule has 5 nitrogen and oxygen atoms in total. The molecule has 2 heterocycles. The Hall–Kier alpha value is -2.30. The zero-order valence-electron chi connectivity index (χ0n) is 13.1. The standard InChI is InChI=1S/C17H20N2O3/c1-11-8-14(18-22-11)9-17(20)19-7-6-13-4-5-15(21-3)10-16(13)12(19)2/h4-5,8,10,12H,6-7,9H2,1-3H3. The topological polar surface area (TPSA) is 55.6 Å². The van der Waals surface area contributed by atoms with Gasteiger partial charge in [-0.3, -0.25) is 4.79 Å². The summed E-state index contributed by atoms with van der Waals surface area (Å²) >= 11 is 0. The lowest BCUT2D eigenvalue weighted by molar-refractivity contribution is -0.133. The van der Waals surface area contributed by atoms with Crippen molar-refractivity contribution in [3.63, 3.8) is 0 Å². The van der Waals surface area contributed by atoms with E-state index in [4.69, 9.17) is 9.26 Å². The Morgan fingerprint density at radius 2 is 2.27 bits per heavy atom. The summed E-state index contributed by atoms with van der Waals surface area (Å²) in [5.41, 5.74) is 3.14. The fraction of sp³-hybridized carbons (Fsp3) is 0.412. The van der Waals surface area contributed by atoms with E-state index in [1.54, 1.807) is 7.11 Å². The van der Waals surface area contributed by atoms with Gasteiger partial charge in [0.1, 0.15) is 11.5 Å². The van der Waals surface area contributed by atoms with Crippen LogP contribution in [0.5, 0.6) is 5.75 Å². The number of hydrogen-bond acceptors (Lipinski definition) is 4. The van der Waals surface area contributed by atoms with E-state index in [0.717, 1.165) is 30.0 Å². The summed E-state index contributed by atoms with van der Waals surface area (Å²) in [6.45, 7) is 4.62. The van der Waals surface area contributed by atoms with Crippen molar-refractivity contribution in [2.24, 2.45) is 0 Å². The van der Waals surface area contributed by atoms with Gasteiger partial charge in [-0.25, -0.2) is 0 Å². The molecule has 0 bridgehead atoms. The van der Waals surface area contributed by atoms with Gasteiger partial charge in [-0.1, -0.05) is 11.2 Å². The van der Waals surface area contributed by atoms with Gasteiger partial charge in [0, 0.05) is 12.6 Å². The third-order valence-corrected chi connectivity index (χ3v) is 4.22. The number of aromatic nitrogens is 1. The first-order valence-corrected chi connectivity index (χ1v) is 7.47. The molecule has 0 N–H and O–H groups in total. The molecule has 2 aromatic rings. The van der Waals surface area contributed by atoms with E-state index in [0.29, 0.717) is 5.69 Å². The zero-order chi connectivity index (χ0) is 15.7. The quantitative estimate of drug-likeness (QED) is 0.874. The Balaban J connectivity index is 1.79. The van der Waals surface area contributed by atoms with Crippen LogP contribution in [0.25, 0.3) is 0 Å². The molecule has 1 atom stereocenters. The normalized spacial score (nSPS) is 17.2. The number of carbonyl (C=O) groups is 1. The number of hydrogen-bond donors (Lipinski definition) is 0. The molecule has 1 amide bonds. The second-order valence-corrected chi connectivity index (χ2v) is 5.68. The molecule has 1 aliphatic rings. The Morgan fingerprint density at radius 3 is 2.95 bits per heavy atom. The summed E-state index contributed by atoms with van der Waals surface area (Å²) in [6, 6.07) is 7.94. The molecular weight excluding hydrogens is 280 g/mol. The summed E-state index contributed by atoms with van der Waals surface area (Å²) < 4.78 is 10.3. The van der Waals surface area contributed by atoms with Crippen molar-refractivity contribution < 1.29 is 14.1 Å². The minimum Gasteiger partial charge on any atom is -0.497 e. The summed E-state index contributed by atoms with van der Waals surface area (Å²) in [7, 11) is 1.66. The maximum atomic E-state index is 12.6. The summed E-state index contributed by atoms with van der Waals surface area (Å²) in [6.07, 6.45) is 1.15. The fourth-order valence-corrected chi connectivity index (χ4v) is 3.02. The monoisotopic (exact) mass is 300 g/mol. The molecule has 116 valence electrons. The molecule has 1 unspecified atom stereocenters. The lowest BCUT2D eigenvalue weighted by Crippen LogP contribution is -2.39. The molecule has 0 radical (unpaired) electrons. The first kappa shape index (κ1) is 14.6. The molecule has 0 aliphatic carbocycles. The van der Waals surface area contributed by atoms with Crippen LogP contribution in [0.15, 0.2) is 28.8 Å². The smallest absolute Gasteiger partial charge is 0.229 e. The van der Waals surface area contributed by atoms with Gasteiger partial charge in [0.25, 0.3) is 0 Å². The highest BCUT2D eigenvalue weighted by Gasteiger charge is 2.28. The predicted octanol–water partition coefficient (Wildman–Crippen LogP) is 2.68. The number of carbonyl (C=O) groups excluding carboxylic acids is 1. The molecular formula is C17H20N2O3. The van der Waals surface area contributed by atoms with Crippen LogP contribution >= 0.6 is 0 Å². The summed E-state index contributed by atoms with van der Waals surface area (Å²) in [4.78, 5) is 14.5. The van der Waals surface area contributed by atoms with E-state index >= 15 is 0 Å². The van der Waals surface area contributed by atoms with E-state index < -0.39 is 0 Å². The van der Waals surface area contributed by atoms with Crippen LogP contribution in [0.3, 0.4) is 0 Å². The van der Waals surface area contributed by atoms with Gasteiger partial charge in [-0.05, 0) is 43.5 Å². The summed E-state index contributed by atoms with van der Waals surface area (Å²) in [5.74, 6) is 1.63. The van der Waals surface area contributed by atoms with Crippen molar-refractivity contribution in [1.82, 2.24) is 10.1 Å². The van der Waals surface area contributed by atoms with Gasteiger partial charge in [0.2, 0.25) is 5.91 Å². The van der Waals surface area contributed by atoms with Crippen LogP contribution in [0.4, 0.5) is 0 Å². The molecule has 5 heteroatoms. The number of amides is 1. The Bertz CT molecular complexity index is 693. The van der Waals surface area contributed by atoms with E-state index in [9.17, 15) is 4.79 Å². The van der Waals surface area contributed by atoms with Crippen LogP contribution in [0.2, 0.25) is 0 Å². The minimum atomic E-state index is 0.0411. The molecule has 0 saturated carbocycles. The van der Waals surface area contributed by atoms with Gasteiger partial charge in [0.15, 0.2) is 0 Å². The lowest BCUT2D eigenvalue weighted by Gasteiger charge is -2.35. The minimum absolute atomic E-state index is 0.0411. The van der Waals surface area contributed by atoms with Crippen molar-refractivity contribution in [1.29, 1.82) is 0 Å². The maximum Gasteiger partial charge on any atom is 0.229 e. The van der Waals surface area contributed by atoms with Crippen molar-refractivity contribution in [2.75, 3.05) is 13.7 Å². The van der Waals surface area contributed by atoms with Crippen LogP contribution in [0, 0.1) is 6.92 Å². The van der Waals surface area contributed by atoms with Crippen LogP contribution < -0.4 is 4.74 Å². The van der Waals surface area contributed by atoms with E-state index in [2.05, 4.69) is 18.1 Å². The van der Waals surface area contributed by atoms with Crippen LogP contribution in [-0.2, 0) is 17.6 Å². The van der Waals surface area contributed by atoms with Crippen molar-refractivity contribution in [3.8, 4) is 5.75 Å². The van der Waals surface area contributed by atoms with Crippen molar-refractivity contribution >= 4 is 5.91 Å². The number of rotatable bonds is 3. The largest absolute Gasteiger partial charge is 0.497 e. The summed E-state index contributed by atoms with van der Waals surface area (Å²) in [5, 5.41) is 3.90. The van der Waals surface area contributed by atoms with Gasteiger partial charge in [-0.2, -0.15) is 0 Å². The number of nitrogens with zero attached hydrogens (tertiary/aromatic N) is 2. The first-order chi connectivity index (χ1) is 10.6. The molecule has 3 rings (SSSR count). The molecule has 0 fully saturated rings. The second kappa shape index (κ2) is 5.83. The van der Waals surface area contributed by atoms with Gasteiger partial charge in [-0.15, -0.1) is 0 Å². The molecule has 1 aromatic heterocycles. The zero-order valence-corrected chi connectivity index (χ0v) is 13.1. The van der Waals surface area contributed by atoms with Crippen LogP contribution in [-0.4, -0.2) is 29.6 Å². The average molecular weight is 300 g/mol. The van der Waals surface area contributed by atoms with Crippen molar-refractivity contribution in [2.45, 2.75) is 32.7 Å². The maximum absolute atomic E-state index is 12.6. The average Bonchev–Trinajstić information content (AvgIpc) is 2.92. The Kier molecular flexibility index (Phi) is 3.88. The Labute approximate surface area is 129 Å². The molecule has 22 heavy (non-hydrogen) atoms. The number of benzene rings is 1. The predicted molar refractivity (Wildman–Crippen MR) is 81.8 cm³/mol. The second-order valence-electron chi connectivity index (χ2n) is 5.68. The third kappa shape index (κ3) is 2.71. The highest BCUT2D eigenvalue weighted by molar-refractivity contribution is 5.79. The first-order valence-electron chi connectivity index (χ1n) is 7.47. The van der Waals surface area contributed by atoms with Gasteiger partial charge < -0.3 is 14.2 Å². The molecule has 1 aliphatic heterocycles. The van der Waals surface area contributed by atoms with Gasteiger partial charge in [0.05, 0.1) is 25.3 Å². The van der Waals surface area contributed by atoms with E-state index in [-0.39, 0.29) is 18.4 Å². The highest BCUT2D eigenvalue weighted by atomic mass is 16.5. The van der Waals surface area contributed by atoms with Gasteiger partial charge >= 0.3 is 0 Å². The number of ether oxygens (including phenoxy) is 1. The van der Waals surface area contributed by atoms with E-state index in [1.807, 2.05) is 30.0 Å². The molecule has 0 saturated heterocycles. The highest BCUT2D eigenvalue weighted by Crippen LogP contribution is 2.32. The Morgan fingerprint density at radius 1 is 1.45 bits per heavy atom. The van der Waals surface area contributed by atoms with E-state index in [1.165, 1.54) is 5.56 Å². The SMILES string of the molecule is COc1ccc2c(c1)C(C)N(C(=O)Cc1cc(C)on1)CC2. The number of aryl methyl sites for hydroxylation is 1. The number of fused-ring (bicyclic) bond motifs is 1. The lowest BCUT2D eigenvalue weighted by atomic mass is 9.93.